The van der Waals surface area contributed by atoms with Gasteiger partial charge in [-0.15, -0.1) is 0 Å². The first-order valence-corrected chi connectivity index (χ1v) is 12.4. The number of methoxy groups -OCH3 is 1. The first-order valence-electron chi connectivity index (χ1n) is 12.0. The van der Waals surface area contributed by atoms with E-state index < -0.39 is 36.7 Å². The molecule has 2 heterocycles. The van der Waals surface area contributed by atoms with Crippen molar-refractivity contribution in [2.45, 2.75) is 55.8 Å². The molecule has 1 aromatic heterocycles. The van der Waals surface area contributed by atoms with Crippen LogP contribution in [0.1, 0.15) is 41.7 Å². The summed E-state index contributed by atoms with van der Waals surface area (Å²) < 4.78 is 12.3. The number of nitrogens with zero attached hydrogens (tertiary/aromatic N) is 1. The summed E-state index contributed by atoms with van der Waals surface area (Å²) in [6.45, 7) is -0.0310. The number of hydrazine groups is 1. The summed E-state index contributed by atoms with van der Waals surface area (Å²) in [5, 5.41) is 33.3. The lowest BCUT2D eigenvalue weighted by Crippen LogP contribution is -2.59. The molecule has 2 aromatic carbocycles. The minimum atomic E-state index is -1.47. The number of carbonyl (C=O) groups excluding carboxylic acids is 1. The highest BCUT2D eigenvalue weighted by Gasteiger charge is 2.44. The number of aliphatic hydroxyl groups is 3. The molecule has 0 unspecified atom stereocenters. The quantitative estimate of drug-likeness (QED) is 0.306. The van der Waals surface area contributed by atoms with Crippen molar-refractivity contribution in [2.24, 2.45) is 0 Å². The van der Waals surface area contributed by atoms with E-state index in [1.165, 1.54) is 25.5 Å². The summed E-state index contributed by atoms with van der Waals surface area (Å²) in [6, 6.07) is 14.1. The molecule has 1 aliphatic carbocycles. The number of aromatic nitrogens is 1. The van der Waals surface area contributed by atoms with Gasteiger partial charge in [-0.05, 0) is 54.0 Å². The molecule has 0 bridgehead atoms. The van der Waals surface area contributed by atoms with Crippen LogP contribution in [0.3, 0.4) is 0 Å². The largest absolute Gasteiger partial charge is 0.452 e. The maximum atomic E-state index is 11.3. The van der Waals surface area contributed by atoms with Gasteiger partial charge >= 0.3 is 6.09 Å². The second-order valence-electron chi connectivity index (χ2n) is 9.42. The Kier molecular flexibility index (Phi) is 7.21. The summed E-state index contributed by atoms with van der Waals surface area (Å²) in [5.74, 6) is 0.687. The lowest BCUT2D eigenvalue weighted by molar-refractivity contribution is -0.242. The first kappa shape index (κ1) is 25.0. The number of aliphatic hydroxyl groups excluding tert-OH is 3. The van der Waals surface area contributed by atoms with Gasteiger partial charge in [-0.25, -0.2) is 10.2 Å². The fourth-order valence-corrected chi connectivity index (χ4v) is 5.13. The SMILES string of the molecule is COC(=O)NNC[C@H]1O[C@@H](n2cc(Cc3ccc(C4CC4)cc3)c3c(Cl)cccc32)[C@H](O)[C@@H](O)[C@@H]1O. The Balaban J connectivity index is 1.43. The lowest BCUT2D eigenvalue weighted by atomic mass is 9.98. The van der Waals surface area contributed by atoms with E-state index in [4.69, 9.17) is 16.3 Å². The smallest absolute Gasteiger partial charge is 0.421 e. The van der Waals surface area contributed by atoms with Crippen LogP contribution in [0.15, 0.2) is 48.7 Å². The van der Waals surface area contributed by atoms with Gasteiger partial charge in [-0.3, -0.25) is 5.43 Å². The van der Waals surface area contributed by atoms with Crippen molar-refractivity contribution in [3.63, 3.8) is 0 Å². The molecule has 5 atom stereocenters. The summed E-state index contributed by atoms with van der Waals surface area (Å²) in [7, 11) is 1.22. The average Bonchev–Trinajstić information content (AvgIpc) is 3.67. The van der Waals surface area contributed by atoms with Gasteiger partial charge in [0.15, 0.2) is 6.23 Å². The number of hydrogen-bond acceptors (Lipinski definition) is 7. The molecule has 5 rings (SSSR count). The van der Waals surface area contributed by atoms with Crippen molar-refractivity contribution in [3.8, 4) is 0 Å². The molecule has 9 nitrogen and oxygen atoms in total. The maximum absolute atomic E-state index is 11.3. The Morgan fingerprint density at radius 3 is 2.56 bits per heavy atom. The van der Waals surface area contributed by atoms with Crippen molar-refractivity contribution in [1.82, 2.24) is 15.4 Å². The highest BCUT2D eigenvalue weighted by atomic mass is 35.5. The molecule has 1 amide bonds. The van der Waals surface area contributed by atoms with Gasteiger partial charge in [0.05, 0.1) is 17.6 Å². The van der Waals surface area contributed by atoms with Crippen LogP contribution in [-0.2, 0) is 15.9 Å². The third-order valence-corrected chi connectivity index (χ3v) is 7.26. The van der Waals surface area contributed by atoms with Crippen molar-refractivity contribution in [3.05, 3.63) is 70.4 Å². The number of nitrogens with one attached hydrogen (secondary N) is 2. The number of amides is 1. The molecule has 0 spiro atoms. The number of hydrogen-bond donors (Lipinski definition) is 5. The van der Waals surface area contributed by atoms with Crippen LogP contribution in [0.4, 0.5) is 4.79 Å². The van der Waals surface area contributed by atoms with E-state index in [0.29, 0.717) is 17.4 Å². The van der Waals surface area contributed by atoms with Crippen molar-refractivity contribution in [2.75, 3.05) is 13.7 Å². The Bertz CT molecular complexity index is 1230. The number of rotatable bonds is 7. The molecular formula is C26H30ClN3O6. The molecule has 5 N–H and O–H groups in total. The van der Waals surface area contributed by atoms with E-state index in [1.54, 1.807) is 4.57 Å². The molecule has 192 valence electrons. The van der Waals surface area contributed by atoms with Gasteiger partial charge in [-0.2, -0.15) is 0 Å². The number of carbonyl (C=O) groups is 1. The van der Waals surface area contributed by atoms with Crippen LogP contribution in [0.5, 0.6) is 0 Å². The van der Waals surface area contributed by atoms with Gasteiger partial charge < -0.3 is 29.4 Å². The molecule has 36 heavy (non-hydrogen) atoms. The molecule has 10 heteroatoms. The van der Waals surface area contributed by atoms with Gasteiger partial charge in [0.2, 0.25) is 0 Å². The summed E-state index contributed by atoms with van der Waals surface area (Å²) in [4.78, 5) is 11.3. The second-order valence-corrected chi connectivity index (χ2v) is 9.83. The summed E-state index contributed by atoms with van der Waals surface area (Å²) >= 11 is 6.62. The van der Waals surface area contributed by atoms with Crippen LogP contribution >= 0.6 is 11.6 Å². The fourth-order valence-electron chi connectivity index (χ4n) is 4.84. The average molecular weight is 516 g/mol. The second kappa shape index (κ2) is 10.4. The Morgan fingerprint density at radius 2 is 1.86 bits per heavy atom. The molecular weight excluding hydrogens is 486 g/mol. The maximum Gasteiger partial charge on any atom is 0.421 e. The number of fused-ring (bicyclic) bond motifs is 1. The van der Waals surface area contributed by atoms with Gasteiger partial charge in [-0.1, -0.05) is 41.9 Å². The zero-order valence-corrected chi connectivity index (χ0v) is 20.6. The van der Waals surface area contributed by atoms with Crippen LogP contribution in [-0.4, -0.2) is 64.1 Å². The molecule has 1 saturated heterocycles. The van der Waals surface area contributed by atoms with E-state index >= 15 is 0 Å². The standard InChI is InChI=1S/C26H30ClN3O6/c1-35-26(34)29-28-12-20-22(31)23(32)24(33)25(36-20)30-13-17(21-18(27)3-2-4-19(21)30)11-14-5-7-15(8-6-14)16-9-10-16/h2-8,13,16,20,22-25,28,31-33H,9-12H2,1H3,(H,29,34)/t20-,22-,23+,24-,25-/m1/s1. The normalized spacial score (nSPS) is 26.2. The van der Waals surface area contributed by atoms with Crippen LogP contribution in [0.25, 0.3) is 10.9 Å². The Morgan fingerprint density at radius 1 is 1.11 bits per heavy atom. The third-order valence-electron chi connectivity index (χ3n) is 6.95. The third kappa shape index (κ3) is 4.95. The predicted molar refractivity (Wildman–Crippen MR) is 134 cm³/mol. The topological polar surface area (TPSA) is 125 Å². The Hall–Kier alpha value is -2.66. The Labute approximate surface area is 213 Å². The lowest BCUT2D eigenvalue weighted by Gasteiger charge is -2.41. The number of ether oxygens (including phenoxy) is 2. The van der Waals surface area contributed by atoms with E-state index in [9.17, 15) is 20.1 Å². The minimum Gasteiger partial charge on any atom is -0.452 e. The van der Waals surface area contributed by atoms with E-state index in [0.717, 1.165) is 22.0 Å². The molecule has 0 radical (unpaired) electrons. The van der Waals surface area contributed by atoms with E-state index in [1.807, 2.05) is 24.4 Å². The molecule has 1 saturated carbocycles. The van der Waals surface area contributed by atoms with Crippen LogP contribution in [0.2, 0.25) is 5.02 Å². The molecule has 3 aromatic rings. The van der Waals surface area contributed by atoms with Crippen molar-refractivity contribution < 1.29 is 29.6 Å². The van der Waals surface area contributed by atoms with Crippen molar-refractivity contribution in [1.29, 1.82) is 0 Å². The van der Waals surface area contributed by atoms with E-state index in [-0.39, 0.29) is 6.54 Å². The van der Waals surface area contributed by atoms with Crippen LogP contribution in [0, 0.1) is 0 Å². The highest BCUT2D eigenvalue weighted by Crippen LogP contribution is 2.40. The minimum absolute atomic E-state index is 0.0310. The monoisotopic (exact) mass is 515 g/mol. The predicted octanol–water partition coefficient (Wildman–Crippen LogP) is 2.60. The zero-order chi connectivity index (χ0) is 25.4. The fraction of sp³-hybridized carbons (Fsp3) is 0.423. The van der Waals surface area contributed by atoms with E-state index in [2.05, 4.69) is 39.9 Å². The first-order chi connectivity index (χ1) is 17.4. The number of benzene rings is 2. The molecule has 2 fully saturated rings. The molecule has 2 aliphatic rings. The van der Waals surface area contributed by atoms with Gasteiger partial charge in [0, 0.05) is 18.1 Å². The molecule has 1 aliphatic heterocycles. The summed E-state index contributed by atoms with van der Waals surface area (Å²) in [6.07, 6.45) is -1.88. The zero-order valence-electron chi connectivity index (χ0n) is 19.8. The summed E-state index contributed by atoms with van der Waals surface area (Å²) in [5.41, 5.74) is 9.09. The van der Waals surface area contributed by atoms with Gasteiger partial charge in [0.1, 0.15) is 24.4 Å². The number of halogens is 1. The van der Waals surface area contributed by atoms with Gasteiger partial charge in [0.25, 0.3) is 0 Å². The van der Waals surface area contributed by atoms with Crippen LogP contribution < -0.4 is 10.9 Å². The highest BCUT2D eigenvalue weighted by molar-refractivity contribution is 6.35. The van der Waals surface area contributed by atoms with Crippen molar-refractivity contribution >= 4 is 28.6 Å².